The van der Waals surface area contributed by atoms with Crippen LogP contribution in [0, 0.1) is 0 Å². The van der Waals surface area contributed by atoms with E-state index >= 15 is 0 Å². The molecule has 0 radical (unpaired) electrons. The Morgan fingerprint density at radius 3 is 2.27 bits per heavy atom. The van der Waals surface area contributed by atoms with E-state index in [0.717, 1.165) is 16.9 Å². The third-order valence-corrected chi connectivity index (χ3v) is 4.99. The zero-order valence-electron chi connectivity index (χ0n) is 16.6. The van der Waals surface area contributed by atoms with Crippen LogP contribution in [-0.4, -0.2) is 18.9 Å². The summed E-state index contributed by atoms with van der Waals surface area (Å²) in [5.41, 5.74) is 2.18. The van der Waals surface area contributed by atoms with Gasteiger partial charge in [0.15, 0.2) is 0 Å². The molecule has 154 valence electrons. The van der Waals surface area contributed by atoms with E-state index in [9.17, 15) is 9.59 Å². The van der Waals surface area contributed by atoms with E-state index in [0.29, 0.717) is 17.1 Å². The third kappa shape index (κ3) is 5.84. The third-order valence-electron chi connectivity index (χ3n) is 4.66. The van der Waals surface area contributed by atoms with Crippen LogP contribution in [0.15, 0.2) is 78.9 Å². The van der Waals surface area contributed by atoms with E-state index in [1.165, 1.54) is 0 Å². The molecule has 2 N–H and O–H groups in total. The summed E-state index contributed by atoms with van der Waals surface area (Å²) in [5.74, 6) is 0.271. The van der Waals surface area contributed by atoms with Gasteiger partial charge in [0.2, 0.25) is 5.91 Å². The van der Waals surface area contributed by atoms with Crippen LogP contribution in [0.3, 0.4) is 0 Å². The molecule has 0 spiro atoms. The Hall–Kier alpha value is -3.31. The van der Waals surface area contributed by atoms with Gasteiger partial charge in [-0.2, -0.15) is 0 Å². The highest BCUT2D eigenvalue weighted by Gasteiger charge is 2.20. The lowest BCUT2D eigenvalue weighted by molar-refractivity contribution is -0.121. The molecule has 0 aliphatic rings. The predicted octanol–water partition coefficient (Wildman–Crippen LogP) is 4.53. The van der Waals surface area contributed by atoms with Crippen LogP contribution in [0.5, 0.6) is 5.75 Å². The quantitative estimate of drug-likeness (QED) is 0.560. The van der Waals surface area contributed by atoms with Gasteiger partial charge in [0, 0.05) is 6.54 Å². The average Bonchev–Trinajstić information content (AvgIpc) is 2.78. The number of benzene rings is 3. The molecular weight excluding hydrogens is 400 g/mol. The number of nitrogens with one attached hydrogen (secondary N) is 2. The van der Waals surface area contributed by atoms with Crippen molar-refractivity contribution >= 4 is 23.4 Å². The molecule has 6 heteroatoms. The van der Waals surface area contributed by atoms with Gasteiger partial charge in [-0.05, 0) is 35.4 Å². The molecule has 3 rings (SSSR count). The van der Waals surface area contributed by atoms with Gasteiger partial charge in [0.25, 0.3) is 5.91 Å². The molecule has 0 saturated heterocycles. The Bertz CT molecular complexity index is 991. The first-order valence-corrected chi connectivity index (χ1v) is 9.94. The fourth-order valence-electron chi connectivity index (χ4n) is 3.02. The van der Waals surface area contributed by atoms with Crippen molar-refractivity contribution in [3.05, 3.63) is 101 Å². The number of halogens is 1. The van der Waals surface area contributed by atoms with Crippen LogP contribution in [0.1, 0.15) is 33.9 Å². The van der Waals surface area contributed by atoms with Crippen molar-refractivity contribution in [2.75, 3.05) is 7.11 Å². The van der Waals surface area contributed by atoms with Crippen LogP contribution < -0.4 is 15.4 Å². The summed E-state index contributed by atoms with van der Waals surface area (Å²) in [6, 6.07) is 23.2. The Morgan fingerprint density at radius 2 is 1.60 bits per heavy atom. The second kappa shape index (κ2) is 10.5. The summed E-state index contributed by atoms with van der Waals surface area (Å²) in [6.45, 7) is 0.392. The van der Waals surface area contributed by atoms with Crippen molar-refractivity contribution in [1.29, 1.82) is 0 Å². The van der Waals surface area contributed by atoms with Gasteiger partial charge < -0.3 is 15.4 Å². The Morgan fingerprint density at radius 1 is 0.933 bits per heavy atom. The lowest BCUT2D eigenvalue weighted by atomic mass is 10.0. The highest BCUT2D eigenvalue weighted by molar-refractivity contribution is 6.33. The maximum Gasteiger partial charge on any atom is 0.253 e. The maximum absolute atomic E-state index is 12.7. The first kappa shape index (κ1) is 21.4. The monoisotopic (exact) mass is 422 g/mol. The molecule has 0 bridgehead atoms. The smallest absolute Gasteiger partial charge is 0.253 e. The molecule has 0 aliphatic heterocycles. The van der Waals surface area contributed by atoms with Gasteiger partial charge in [0.05, 0.1) is 30.2 Å². The van der Waals surface area contributed by atoms with Crippen LogP contribution in [0.4, 0.5) is 0 Å². The number of carbonyl (C=O) groups is 2. The first-order chi connectivity index (χ1) is 14.6. The van der Waals surface area contributed by atoms with Crippen molar-refractivity contribution in [2.45, 2.75) is 19.0 Å². The summed E-state index contributed by atoms with van der Waals surface area (Å²) in [6.07, 6.45) is 0.108. The molecule has 3 aromatic carbocycles. The lowest BCUT2D eigenvalue weighted by Crippen LogP contribution is -2.33. The minimum atomic E-state index is -0.481. The summed E-state index contributed by atoms with van der Waals surface area (Å²) in [5, 5.41) is 6.20. The minimum Gasteiger partial charge on any atom is -0.497 e. The second-order valence-electron chi connectivity index (χ2n) is 6.75. The number of hydrogen-bond acceptors (Lipinski definition) is 3. The van der Waals surface area contributed by atoms with Gasteiger partial charge in [0.1, 0.15) is 5.75 Å². The van der Waals surface area contributed by atoms with Crippen LogP contribution >= 0.6 is 11.6 Å². The second-order valence-corrected chi connectivity index (χ2v) is 7.15. The molecule has 0 saturated carbocycles. The topological polar surface area (TPSA) is 67.4 Å². The van der Waals surface area contributed by atoms with E-state index in [-0.39, 0.29) is 18.2 Å². The Balaban J connectivity index is 1.67. The highest BCUT2D eigenvalue weighted by atomic mass is 35.5. The van der Waals surface area contributed by atoms with Gasteiger partial charge in [-0.25, -0.2) is 0 Å². The van der Waals surface area contributed by atoms with Gasteiger partial charge in [-0.3, -0.25) is 9.59 Å². The SMILES string of the molecule is COc1ccc(CNC(=O)C[C@@H](NC(=O)c2ccccc2Cl)c2ccccc2)cc1. The van der Waals surface area contributed by atoms with Crippen molar-refractivity contribution in [3.63, 3.8) is 0 Å². The highest BCUT2D eigenvalue weighted by Crippen LogP contribution is 2.20. The average molecular weight is 423 g/mol. The zero-order valence-corrected chi connectivity index (χ0v) is 17.4. The molecule has 3 aromatic rings. The number of methoxy groups -OCH3 is 1. The fraction of sp³-hybridized carbons (Fsp3) is 0.167. The molecule has 5 nitrogen and oxygen atoms in total. The Labute approximate surface area is 181 Å². The molecule has 0 aromatic heterocycles. The molecular formula is C24H23ClN2O3. The number of hydrogen-bond donors (Lipinski definition) is 2. The predicted molar refractivity (Wildman–Crippen MR) is 118 cm³/mol. The normalized spacial score (nSPS) is 11.4. The van der Waals surface area contributed by atoms with E-state index in [1.807, 2.05) is 54.6 Å². The minimum absolute atomic E-state index is 0.108. The van der Waals surface area contributed by atoms with Crippen molar-refractivity contribution in [3.8, 4) is 5.75 Å². The van der Waals surface area contributed by atoms with Gasteiger partial charge in [-0.15, -0.1) is 0 Å². The standard InChI is InChI=1S/C24H23ClN2O3/c1-30-19-13-11-17(12-14-19)16-26-23(28)15-22(18-7-3-2-4-8-18)27-24(29)20-9-5-6-10-21(20)25/h2-14,22H,15-16H2,1H3,(H,26,28)(H,27,29)/t22-/m1/s1. The summed E-state index contributed by atoms with van der Waals surface area (Å²) < 4.78 is 5.14. The Kier molecular flexibility index (Phi) is 7.46. The van der Waals surface area contributed by atoms with E-state index in [4.69, 9.17) is 16.3 Å². The number of rotatable bonds is 8. The number of carbonyl (C=O) groups excluding carboxylic acids is 2. The molecule has 30 heavy (non-hydrogen) atoms. The largest absolute Gasteiger partial charge is 0.497 e. The summed E-state index contributed by atoms with van der Waals surface area (Å²) in [4.78, 5) is 25.3. The number of ether oxygens (including phenoxy) is 1. The molecule has 2 amide bonds. The molecule has 0 aliphatic carbocycles. The van der Waals surface area contributed by atoms with Crippen molar-refractivity contribution in [1.82, 2.24) is 10.6 Å². The molecule has 0 heterocycles. The van der Waals surface area contributed by atoms with E-state index in [2.05, 4.69) is 10.6 Å². The first-order valence-electron chi connectivity index (χ1n) is 9.57. The molecule has 0 fully saturated rings. The lowest BCUT2D eigenvalue weighted by Gasteiger charge is -2.19. The van der Waals surface area contributed by atoms with Gasteiger partial charge >= 0.3 is 0 Å². The van der Waals surface area contributed by atoms with Crippen LogP contribution in [-0.2, 0) is 11.3 Å². The van der Waals surface area contributed by atoms with Crippen molar-refractivity contribution < 1.29 is 14.3 Å². The van der Waals surface area contributed by atoms with Gasteiger partial charge in [-0.1, -0.05) is 66.2 Å². The fourth-order valence-corrected chi connectivity index (χ4v) is 3.24. The van der Waals surface area contributed by atoms with E-state index < -0.39 is 6.04 Å². The zero-order chi connectivity index (χ0) is 21.3. The molecule has 1 atom stereocenters. The number of amides is 2. The maximum atomic E-state index is 12.7. The summed E-state index contributed by atoms with van der Waals surface area (Å²) >= 11 is 6.14. The summed E-state index contributed by atoms with van der Waals surface area (Å²) in [7, 11) is 1.61. The van der Waals surface area contributed by atoms with Crippen LogP contribution in [0.2, 0.25) is 5.02 Å². The van der Waals surface area contributed by atoms with E-state index in [1.54, 1.807) is 31.4 Å². The molecule has 0 unspecified atom stereocenters. The van der Waals surface area contributed by atoms with Crippen LogP contribution in [0.25, 0.3) is 0 Å². The van der Waals surface area contributed by atoms with Crippen molar-refractivity contribution in [2.24, 2.45) is 0 Å².